The van der Waals surface area contributed by atoms with E-state index < -0.39 is 0 Å². The molecule has 1 aliphatic rings. The number of amides is 1. The highest BCUT2D eigenvalue weighted by Crippen LogP contribution is 2.19. The lowest BCUT2D eigenvalue weighted by atomic mass is 9.97. The molecule has 0 bridgehead atoms. The van der Waals surface area contributed by atoms with Crippen molar-refractivity contribution in [2.45, 2.75) is 53.0 Å². The van der Waals surface area contributed by atoms with E-state index in [1.807, 2.05) is 51.1 Å². The molecule has 3 aromatic rings. The number of carbonyl (C=O) groups is 1. The zero-order chi connectivity index (χ0) is 20.5. The van der Waals surface area contributed by atoms with Crippen LogP contribution >= 0.6 is 0 Å². The minimum Gasteiger partial charge on any atom is -0.324 e. The van der Waals surface area contributed by atoms with E-state index in [0.717, 1.165) is 53.2 Å². The van der Waals surface area contributed by atoms with Crippen LogP contribution in [0.2, 0.25) is 0 Å². The third-order valence-corrected chi connectivity index (χ3v) is 5.34. The summed E-state index contributed by atoms with van der Waals surface area (Å²) in [5.41, 5.74) is 4.84. The third kappa shape index (κ3) is 3.72. The van der Waals surface area contributed by atoms with Crippen LogP contribution in [0.4, 0.5) is 5.69 Å². The van der Waals surface area contributed by atoms with Crippen molar-refractivity contribution in [2.24, 2.45) is 0 Å². The zero-order valence-corrected chi connectivity index (χ0v) is 17.0. The molecule has 1 aliphatic carbocycles. The predicted octanol–water partition coefficient (Wildman–Crippen LogP) is 2.87. The number of nitrogens with one attached hydrogen (secondary N) is 1. The second-order valence-electron chi connectivity index (χ2n) is 7.64. The summed E-state index contributed by atoms with van der Waals surface area (Å²) in [5, 5.41) is 7.41. The SMILES string of the molecule is Cc1cc(C)n(-c2nc3c(c(=O)n2CC(=O)Nc2ccccc2C)CCCC3)n1. The maximum Gasteiger partial charge on any atom is 0.258 e. The van der Waals surface area contributed by atoms with Crippen LogP contribution in [0.3, 0.4) is 0 Å². The van der Waals surface area contributed by atoms with Crippen LogP contribution in [0.5, 0.6) is 0 Å². The molecular weight excluding hydrogens is 366 g/mol. The van der Waals surface area contributed by atoms with Crippen molar-refractivity contribution in [1.29, 1.82) is 0 Å². The molecular formula is C22H25N5O2. The first-order valence-electron chi connectivity index (χ1n) is 9.96. The molecule has 0 unspecified atom stereocenters. The number of hydrogen-bond acceptors (Lipinski definition) is 4. The number of rotatable bonds is 4. The first kappa shape index (κ1) is 19.1. The van der Waals surface area contributed by atoms with E-state index in [1.54, 1.807) is 4.68 Å². The molecule has 7 nitrogen and oxygen atoms in total. The van der Waals surface area contributed by atoms with Crippen molar-refractivity contribution >= 4 is 11.6 Å². The van der Waals surface area contributed by atoms with Gasteiger partial charge in [0, 0.05) is 16.9 Å². The number of anilines is 1. The Morgan fingerprint density at radius 1 is 1.14 bits per heavy atom. The van der Waals surface area contributed by atoms with Gasteiger partial charge in [0.2, 0.25) is 11.9 Å². The van der Waals surface area contributed by atoms with Crippen LogP contribution < -0.4 is 10.9 Å². The largest absolute Gasteiger partial charge is 0.324 e. The summed E-state index contributed by atoms with van der Waals surface area (Å²) in [4.78, 5) is 30.9. The summed E-state index contributed by atoms with van der Waals surface area (Å²) < 4.78 is 3.11. The highest BCUT2D eigenvalue weighted by molar-refractivity contribution is 5.91. The van der Waals surface area contributed by atoms with Gasteiger partial charge >= 0.3 is 0 Å². The van der Waals surface area contributed by atoms with Gasteiger partial charge in [-0.1, -0.05) is 18.2 Å². The Balaban J connectivity index is 1.77. The van der Waals surface area contributed by atoms with Gasteiger partial charge in [0.25, 0.3) is 5.56 Å². The van der Waals surface area contributed by atoms with Crippen molar-refractivity contribution < 1.29 is 4.79 Å². The van der Waals surface area contributed by atoms with E-state index in [0.29, 0.717) is 12.4 Å². The summed E-state index contributed by atoms with van der Waals surface area (Å²) in [5.74, 6) is 0.142. The Hall–Kier alpha value is -3.22. The average Bonchev–Trinajstić information content (AvgIpc) is 3.03. The van der Waals surface area contributed by atoms with Gasteiger partial charge in [0.15, 0.2) is 0 Å². The van der Waals surface area contributed by atoms with E-state index in [9.17, 15) is 9.59 Å². The van der Waals surface area contributed by atoms with Crippen molar-refractivity contribution in [2.75, 3.05) is 5.32 Å². The van der Waals surface area contributed by atoms with Gasteiger partial charge < -0.3 is 5.32 Å². The van der Waals surface area contributed by atoms with Gasteiger partial charge in [0.05, 0.1) is 11.4 Å². The quantitative estimate of drug-likeness (QED) is 0.741. The van der Waals surface area contributed by atoms with Crippen molar-refractivity contribution in [3.8, 4) is 5.95 Å². The van der Waals surface area contributed by atoms with E-state index >= 15 is 0 Å². The first-order valence-corrected chi connectivity index (χ1v) is 9.96. The van der Waals surface area contributed by atoms with Crippen LogP contribution in [-0.4, -0.2) is 25.2 Å². The van der Waals surface area contributed by atoms with Crippen molar-refractivity contribution in [3.05, 3.63) is 68.9 Å². The topological polar surface area (TPSA) is 81.8 Å². The number of benzene rings is 1. The Bertz CT molecular complexity index is 1140. The number of fused-ring (bicyclic) bond motifs is 1. The molecule has 1 aromatic carbocycles. The summed E-state index contributed by atoms with van der Waals surface area (Å²) in [6.07, 6.45) is 3.48. The fraction of sp³-hybridized carbons (Fsp3) is 0.364. The lowest BCUT2D eigenvalue weighted by Gasteiger charge is -2.20. The molecule has 1 N–H and O–H groups in total. The highest BCUT2D eigenvalue weighted by Gasteiger charge is 2.23. The fourth-order valence-electron chi connectivity index (χ4n) is 3.86. The van der Waals surface area contributed by atoms with Gasteiger partial charge in [-0.2, -0.15) is 5.10 Å². The number of aromatic nitrogens is 4. The molecule has 0 saturated heterocycles. The van der Waals surface area contributed by atoms with Gasteiger partial charge in [0.1, 0.15) is 6.54 Å². The number of nitrogens with zero attached hydrogens (tertiary/aromatic N) is 4. The summed E-state index contributed by atoms with van der Waals surface area (Å²) in [7, 11) is 0. The molecule has 2 heterocycles. The first-order chi connectivity index (χ1) is 13.9. The lowest BCUT2D eigenvalue weighted by Crippen LogP contribution is -2.36. The summed E-state index contributed by atoms with van der Waals surface area (Å²) in [6.45, 7) is 5.64. The molecule has 0 spiro atoms. The van der Waals surface area contributed by atoms with Crippen molar-refractivity contribution in [3.63, 3.8) is 0 Å². The molecule has 7 heteroatoms. The van der Waals surface area contributed by atoms with Gasteiger partial charge in [-0.15, -0.1) is 0 Å². The molecule has 29 heavy (non-hydrogen) atoms. The molecule has 0 fully saturated rings. The Morgan fingerprint density at radius 3 is 2.62 bits per heavy atom. The van der Waals surface area contributed by atoms with Gasteiger partial charge in [-0.25, -0.2) is 9.67 Å². The summed E-state index contributed by atoms with van der Waals surface area (Å²) >= 11 is 0. The van der Waals surface area contributed by atoms with Gasteiger partial charge in [-0.05, 0) is 64.2 Å². The van der Waals surface area contributed by atoms with Crippen molar-refractivity contribution in [1.82, 2.24) is 19.3 Å². The maximum absolute atomic E-state index is 13.3. The standard InChI is InChI=1S/C22H25N5O2/c1-14-8-4-6-10-18(14)23-20(28)13-26-21(29)17-9-5-7-11-19(17)24-22(26)27-16(3)12-15(2)25-27/h4,6,8,10,12H,5,7,9,11,13H2,1-3H3,(H,23,28). The Morgan fingerprint density at radius 2 is 1.90 bits per heavy atom. The molecule has 0 atom stereocenters. The van der Waals surface area contributed by atoms with E-state index in [2.05, 4.69) is 10.4 Å². The molecule has 1 amide bonds. The Labute approximate surface area is 169 Å². The smallest absolute Gasteiger partial charge is 0.258 e. The van der Waals surface area contributed by atoms with E-state index in [-0.39, 0.29) is 18.0 Å². The second-order valence-corrected chi connectivity index (χ2v) is 7.64. The highest BCUT2D eigenvalue weighted by atomic mass is 16.2. The number of carbonyl (C=O) groups excluding carboxylic acids is 1. The minimum atomic E-state index is -0.262. The van der Waals surface area contributed by atoms with Crippen LogP contribution in [0.15, 0.2) is 35.1 Å². The molecule has 4 rings (SSSR count). The number of para-hydroxylation sites is 1. The normalized spacial score (nSPS) is 13.2. The van der Waals surface area contributed by atoms with E-state index in [1.165, 1.54) is 4.57 Å². The van der Waals surface area contributed by atoms with Crippen LogP contribution in [0, 0.1) is 20.8 Å². The number of aryl methyl sites for hydroxylation is 4. The average molecular weight is 391 g/mol. The fourth-order valence-corrected chi connectivity index (χ4v) is 3.86. The summed E-state index contributed by atoms with van der Waals surface area (Å²) in [6, 6.07) is 9.51. The van der Waals surface area contributed by atoms with E-state index in [4.69, 9.17) is 4.98 Å². The zero-order valence-electron chi connectivity index (χ0n) is 17.0. The second kappa shape index (κ2) is 7.66. The third-order valence-electron chi connectivity index (χ3n) is 5.34. The minimum absolute atomic E-state index is 0.110. The molecule has 0 aliphatic heterocycles. The molecule has 0 saturated carbocycles. The predicted molar refractivity (Wildman–Crippen MR) is 112 cm³/mol. The van der Waals surface area contributed by atoms with Crippen LogP contribution in [0.1, 0.15) is 41.1 Å². The molecule has 0 radical (unpaired) electrons. The number of hydrogen-bond donors (Lipinski definition) is 1. The van der Waals surface area contributed by atoms with Crippen LogP contribution in [0.25, 0.3) is 5.95 Å². The lowest BCUT2D eigenvalue weighted by molar-refractivity contribution is -0.116. The van der Waals surface area contributed by atoms with Crippen LogP contribution in [-0.2, 0) is 24.2 Å². The van der Waals surface area contributed by atoms with Gasteiger partial charge in [-0.3, -0.25) is 14.2 Å². The monoisotopic (exact) mass is 391 g/mol. The Kier molecular flexibility index (Phi) is 5.05. The molecule has 150 valence electrons. The molecule has 2 aromatic heterocycles. The maximum atomic E-state index is 13.3.